The van der Waals surface area contributed by atoms with E-state index in [-0.39, 0.29) is 10.7 Å². The molecule has 1 N–H and O–H groups in total. The van der Waals surface area contributed by atoms with E-state index in [1.54, 1.807) is 0 Å². The van der Waals surface area contributed by atoms with Gasteiger partial charge in [0.15, 0.2) is 0 Å². The van der Waals surface area contributed by atoms with Crippen LogP contribution in [0.3, 0.4) is 0 Å². The molecule has 0 saturated heterocycles. The van der Waals surface area contributed by atoms with E-state index in [9.17, 15) is 4.79 Å². The highest BCUT2D eigenvalue weighted by molar-refractivity contribution is 6.57. The average molecular weight is 302 g/mol. The van der Waals surface area contributed by atoms with Crippen molar-refractivity contribution in [3.63, 3.8) is 0 Å². The Morgan fingerprint density at radius 2 is 1.94 bits per heavy atom. The largest absolute Gasteiger partial charge is 0.478 e. The van der Waals surface area contributed by atoms with Crippen molar-refractivity contribution in [2.45, 2.75) is 4.46 Å². The number of nitrogens with zero attached hydrogens (tertiary/aromatic N) is 2. The van der Waals surface area contributed by atoms with E-state index in [4.69, 9.17) is 51.5 Å². The molecule has 0 radical (unpaired) electrons. The predicted octanol–water partition coefficient (Wildman–Crippen LogP) is 4.29. The minimum Gasteiger partial charge on any atom is -0.478 e. The summed E-state index contributed by atoms with van der Waals surface area (Å²) in [6.07, 6.45) is 0. The SMILES string of the molecule is O=C(O)C(Cl)(Cl)/N=N/c1ccc(Cl)cc1Cl. The molecule has 0 unspecified atom stereocenters. The first kappa shape index (κ1) is 13.5. The van der Waals surface area contributed by atoms with Gasteiger partial charge >= 0.3 is 10.4 Å². The maximum Gasteiger partial charge on any atom is 0.365 e. The van der Waals surface area contributed by atoms with Crippen molar-refractivity contribution in [3.8, 4) is 0 Å². The number of carboxylic acid groups (broad SMARTS) is 1. The molecule has 1 rings (SSSR count). The van der Waals surface area contributed by atoms with Gasteiger partial charge in [-0.15, -0.1) is 5.11 Å². The normalized spacial score (nSPS) is 12.0. The van der Waals surface area contributed by atoms with Crippen molar-refractivity contribution in [1.82, 2.24) is 0 Å². The van der Waals surface area contributed by atoms with Crippen molar-refractivity contribution in [2.75, 3.05) is 0 Å². The van der Waals surface area contributed by atoms with Crippen LogP contribution >= 0.6 is 46.4 Å². The molecule has 8 heteroatoms. The summed E-state index contributed by atoms with van der Waals surface area (Å²) in [7, 11) is 0. The van der Waals surface area contributed by atoms with Gasteiger partial charge in [-0.25, -0.2) is 4.79 Å². The summed E-state index contributed by atoms with van der Waals surface area (Å²) >= 11 is 22.1. The Balaban J connectivity index is 2.97. The molecule has 0 saturated carbocycles. The second kappa shape index (κ2) is 5.19. The fraction of sp³-hybridized carbons (Fsp3) is 0.125. The van der Waals surface area contributed by atoms with Crippen molar-refractivity contribution in [1.29, 1.82) is 0 Å². The Kier molecular flexibility index (Phi) is 4.38. The smallest absolute Gasteiger partial charge is 0.365 e. The molecule has 0 amide bonds. The lowest BCUT2D eigenvalue weighted by Crippen LogP contribution is -2.21. The highest BCUT2D eigenvalue weighted by Gasteiger charge is 2.33. The monoisotopic (exact) mass is 300 g/mol. The van der Waals surface area contributed by atoms with Gasteiger partial charge in [-0.1, -0.05) is 46.4 Å². The molecule has 4 nitrogen and oxygen atoms in total. The molecule has 1 aromatic carbocycles. The Morgan fingerprint density at radius 3 is 2.44 bits per heavy atom. The number of carbonyl (C=O) groups is 1. The van der Waals surface area contributed by atoms with Gasteiger partial charge in [-0.3, -0.25) is 0 Å². The summed E-state index contributed by atoms with van der Waals surface area (Å²) in [5.41, 5.74) is 0.220. The second-order valence-corrected chi connectivity index (χ2v) is 4.77. The summed E-state index contributed by atoms with van der Waals surface area (Å²) in [5.74, 6) is -1.52. The lowest BCUT2D eigenvalue weighted by atomic mass is 10.3. The number of hydrogen-bond donors (Lipinski definition) is 1. The topological polar surface area (TPSA) is 62.0 Å². The van der Waals surface area contributed by atoms with Gasteiger partial charge in [0.2, 0.25) is 0 Å². The predicted molar refractivity (Wildman–Crippen MR) is 63.1 cm³/mol. The summed E-state index contributed by atoms with van der Waals surface area (Å²) in [4.78, 5) is 10.5. The average Bonchev–Trinajstić information content (AvgIpc) is 2.16. The number of carboxylic acids is 1. The highest BCUT2D eigenvalue weighted by atomic mass is 35.5. The Hall–Kier alpha value is -0.550. The third-order valence-electron chi connectivity index (χ3n) is 1.45. The molecule has 0 fully saturated rings. The molecule has 0 aliphatic carbocycles. The molecule has 0 aliphatic heterocycles. The number of aliphatic carboxylic acids is 1. The Labute approximate surface area is 111 Å². The van der Waals surface area contributed by atoms with Crippen molar-refractivity contribution < 1.29 is 9.90 Å². The van der Waals surface area contributed by atoms with Crippen molar-refractivity contribution in [3.05, 3.63) is 28.2 Å². The van der Waals surface area contributed by atoms with Gasteiger partial charge in [0.1, 0.15) is 5.69 Å². The van der Waals surface area contributed by atoms with Gasteiger partial charge in [0.25, 0.3) is 0 Å². The maximum atomic E-state index is 10.5. The van der Waals surface area contributed by atoms with E-state index in [1.807, 2.05) is 0 Å². The number of halogens is 4. The number of alkyl halides is 2. The summed E-state index contributed by atoms with van der Waals surface area (Å²) in [6, 6.07) is 4.41. The first-order valence-electron chi connectivity index (χ1n) is 3.82. The number of azo groups is 1. The standard InChI is InChI=1S/C8H4Cl4N2O2/c9-4-1-2-6(5(10)3-4)13-14-8(11,12)7(15)16/h1-3H,(H,15,16)/b14-13+. The molecule has 0 atom stereocenters. The molecule has 16 heavy (non-hydrogen) atoms. The minimum absolute atomic E-state index is 0.214. The van der Waals surface area contributed by atoms with E-state index < -0.39 is 10.4 Å². The van der Waals surface area contributed by atoms with E-state index in [2.05, 4.69) is 10.2 Å². The third kappa shape index (κ3) is 3.49. The lowest BCUT2D eigenvalue weighted by molar-refractivity contribution is -0.137. The van der Waals surface area contributed by atoms with Gasteiger partial charge in [0.05, 0.1) is 5.02 Å². The van der Waals surface area contributed by atoms with Crippen LogP contribution in [0.15, 0.2) is 28.4 Å². The fourth-order valence-corrected chi connectivity index (χ4v) is 1.24. The first-order valence-corrected chi connectivity index (χ1v) is 5.33. The molecular formula is C8H4Cl4N2O2. The van der Waals surface area contributed by atoms with E-state index in [0.29, 0.717) is 5.02 Å². The van der Waals surface area contributed by atoms with E-state index in [0.717, 1.165) is 0 Å². The van der Waals surface area contributed by atoms with Crippen LogP contribution < -0.4 is 0 Å². The van der Waals surface area contributed by atoms with E-state index >= 15 is 0 Å². The van der Waals surface area contributed by atoms with Gasteiger partial charge in [0, 0.05) is 5.02 Å². The van der Waals surface area contributed by atoms with Crippen LogP contribution in [0.5, 0.6) is 0 Å². The third-order valence-corrected chi connectivity index (χ3v) is 2.46. The molecule has 0 bridgehead atoms. The first-order chi connectivity index (χ1) is 7.33. The zero-order valence-corrected chi connectivity index (χ0v) is 10.5. The van der Waals surface area contributed by atoms with Crippen LogP contribution in [0.4, 0.5) is 5.69 Å². The number of rotatable bonds is 3. The van der Waals surface area contributed by atoms with Crippen LogP contribution in [-0.2, 0) is 4.79 Å². The van der Waals surface area contributed by atoms with E-state index in [1.165, 1.54) is 18.2 Å². The van der Waals surface area contributed by atoms with Crippen molar-refractivity contribution >= 4 is 58.1 Å². The van der Waals surface area contributed by atoms with Gasteiger partial charge in [-0.05, 0) is 18.2 Å². The van der Waals surface area contributed by atoms with Crippen LogP contribution in [0.2, 0.25) is 10.0 Å². The van der Waals surface area contributed by atoms with Crippen molar-refractivity contribution in [2.24, 2.45) is 10.2 Å². The molecule has 0 spiro atoms. The fourth-order valence-electron chi connectivity index (χ4n) is 0.722. The summed E-state index contributed by atoms with van der Waals surface area (Å²) < 4.78 is -2.33. The zero-order valence-electron chi connectivity index (χ0n) is 7.49. The quantitative estimate of drug-likeness (QED) is 0.514. The Morgan fingerprint density at radius 1 is 1.31 bits per heavy atom. The van der Waals surface area contributed by atoms with Crippen LogP contribution in [0.25, 0.3) is 0 Å². The molecular weight excluding hydrogens is 298 g/mol. The molecule has 86 valence electrons. The minimum atomic E-state index is -2.33. The Bertz CT molecular complexity index is 448. The summed E-state index contributed by atoms with van der Waals surface area (Å²) in [6.45, 7) is 0. The summed E-state index contributed by atoms with van der Waals surface area (Å²) in [5, 5.41) is 16.0. The molecule has 0 aliphatic rings. The second-order valence-electron chi connectivity index (χ2n) is 2.64. The maximum absolute atomic E-state index is 10.5. The van der Waals surface area contributed by atoms with Gasteiger partial charge < -0.3 is 5.11 Å². The number of benzene rings is 1. The molecule has 0 aromatic heterocycles. The van der Waals surface area contributed by atoms with Crippen LogP contribution in [-0.4, -0.2) is 15.5 Å². The highest BCUT2D eigenvalue weighted by Crippen LogP contribution is 2.31. The van der Waals surface area contributed by atoms with Crippen LogP contribution in [0.1, 0.15) is 0 Å². The molecule has 0 heterocycles. The number of hydrogen-bond acceptors (Lipinski definition) is 3. The zero-order chi connectivity index (χ0) is 12.3. The van der Waals surface area contributed by atoms with Crippen LogP contribution in [0, 0.1) is 0 Å². The van der Waals surface area contributed by atoms with Gasteiger partial charge in [-0.2, -0.15) is 5.11 Å². The molecule has 1 aromatic rings. The lowest BCUT2D eigenvalue weighted by Gasteiger charge is -2.05.